The second-order valence-corrected chi connectivity index (χ2v) is 6.81. The SMILES string of the molecule is CC(C)c1ncn(Cc2ccccn2)c1Sc1cc(F)cc(F)c1. The average molecular weight is 345 g/mol. The molecular formula is C18H17F2N3S. The monoisotopic (exact) mass is 345 g/mol. The van der Waals surface area contributed by atoms with E-state index in [1.807, 2.05) is 36.6 Å². The largest absolute Gasteiger partial charge is 0.319 e. The number of nitrogens with zero attached hydrogens (tertiary/aromatic N) is 3. The molecule has 0 aliphatic carbocycles. The van der Waals surface area contributed by atoms with Crippen LogP contribution in [0.4, 0.5) is 8.78 Å². The zero-order valence-corrected chi connectivity index (χ0v) is 14.2. The molecule has 0 radical (unpaired) electrons. The van der Waals surface area contributed by atoms with E-state index in [0.29, 0.717) is 11.4 Å². The van der Waals surface area contributed by atoms with Crippen molar-refractivity contribution >= 4 is 11.8 Å². The van der Waals surface area contributed by atoms with Gasteiger partial charge in [0.05, 0.1) is 24.3 Å². The first-order valence-electron chi connectivity index (χ1n) is 7.62. The number of aromatic nitrogens is 3. The highest BCUT2D eigenvalue weighted by Crippen LogP contribution is 2.34. The van der Waals surface area contributed by atoms with E-state index in [4.69, 9.17) is 0 Å². The molecule has 3 rings (SSSR count). The van der Waals surface area contributed by atoms with E-state index in [-0.39, 0.29) is 5.92 Å². The molecule has 0 unspecified atom stereocenters. The normalized spacial score (nSPS) is 11.2. The van der Waals surface area contributed by atoms with Gasteiger partial charge >= 0.3 is 0 Å². The second-order valence-electron chi connectivity index (χ2n) is 5.75. The van der Waals surface area contributed by atoms with Gasteiger partial charge in [0.15, 0.2) is 0 Å². The Kier molecular flexibility index (Phi) is 4.94. The van der Waals surface area contributed by atoms with E-state index in [0.717, 1.165) is 22.5 Å². The maximum Gasteiger partial charge on any atom is 0.127 e. The van der Waals surface area contributed by atoms with Crippen molar-refractivity contribution in [2.24, 2.45) is 0 Å². The number of halogens is 2. The fraction of sp³-hybridized carbons (Fsp3) is 0.222. The summed E-state index contributed by atoms with van der Waals surface area (Å²) in [4.78, 5) is 9.32. The third kappa shape index (κ3) is 3.82. The third-order valence-corrected chi connectivity index (χ3v) is 4.58. The quantitative estimate of drug-likeness (QED) is 0.660. The number of hydrogen-bond donors (Lipinski definition) is 0. The van der Waals surface area contributed by atoms with Crippen molar-refractivity contribution in [1.82, 2.24) is 14.5 Å². The fourth-order valence-electron chi connectivity index (χ4n) is 2.37. The number of pyridine rings is 1. The van der Waals surface area contributed by atoms with E-state index >= 15 is 0 Å². The van der Waals surface area contributed by atoms with Gasteiger partial charge in [0.2, 0.25) is 0 Å². The summed E-state index contributed by atoms with van der Waals surface area (Å²) in [6.45, 7) is 4.65. The first kappa shape index (κ1) is 16.6. The summed E-state index contributed by atoms with van der Waals surface area (Å²) in [5, 5.41) is 0.876. The van der Waals surface area contributed by atoms with Gasteiger partial charge < -0.3 is 4.57 Å². The van der Waals surface area contributed by atoms with Gasteiger partial charge in [-0.05, 0) is 30.2 Å². The van der Waals surface area contributed by atoms with Gasteiger partial charge in [0, 0.05) is 17.2 Å². The van der Waals surface area contributed by atoms with Crippen molar-refractivity contribution in [3.63, 3.8) is 0 Å². The molecule has 0 amide bonds. The molecule has 1 aromatic carbocycles. The molecule has 2 heterocycles. The molecule has 124 valence electrons. The van der Waals surface area contributed by atoms with Crippen LogP contribution in [-0.2, 0) is 6.54 Å². The first-order valence-corrected chi connectivity index (χ1v) is 8.43. The second kappa shape index (κ2) is 7.13. The Labute approximate surface area is 143 Å². The lowest BCUT2D eigenvalue weighted by Crippen LogP contribution is -2.03. The minimum absolute atomic E-state index is 0.205. The van der Waals surface area contributed by atoms with Crippen molar-refractivity contribution in [2.45, 2.75) is 36.2 Å². The smallest absolute Gasteiger partial charge is 0.127 e. The molecule has 3 aromatic rings. The summed E-state index contributed by atoms with van der Waals surface area (Å²) < 4.78 is 28.9. The van der Waals surface area contributed by atoms with Crippen LogP contribution in [0.15, 0.2) is 58.8 Å². The van der Waals surface area contributed by atoms with Gasteiger partial charge in [-0.25, -0.2) is 13.8 Å². The molecule has 0 aliphatic rings. The van der Waals surface area contributed by atoms with E-state index in [1.165, 1.54) is 23.9 Å². The number of imidazole rings is 1. The molecule has 0 saturated heterocycles. The fourth-order valence-corrected chi connectivity index (χ4v) is 3.56. The average Bonchev–Trinajstić information content (AvgIpc) is 2.90. The van der Waals surface area contributed by atoms with Gasteiger partial charge in [-0.3, -0.25) is 4.98 Å². The molecule has 0 aliphatic heterocycles. The van der Waals surface area contributed by atoms with Crippen LogP contribution >= 0.6 is 11.8 Å². The van der Waals surface area contributed by atoms with Gasteiger partial charge in [-0.1, -0.05) is 31.7 Å². The van der Waals surface area contributed by atoms with Crippen molar-refractivity contribution in [3.05, 3.63) is 71.9 Å². The summed E-state index contributed by atoms with van der Waals surface area (Å²) in [6.07, 6.45) is 3.49. The molecule has 3 nitrogen and oxygen atoms in total. The Bertz CT molecular complexity index is 811. The third-order valence-electron chi connectivity index (χ3n) is 3.47. The molecule has 0 atom stereocenters. The minimum atomic E-state index is -0.584. The van der Waals surface area contributed by atoms with Crippen molar-refractivity contribution in [1.29, 1.82) is 0 Å². The Hall–Kier alpha value is -2.21. The highest BCUT2D eigenvalue weighted by atomic mass is 32.2. The standard InChI is InChI=1S/C18H17F2N3S/c1-12(2)17-18(24-16-8-13(19)7-14(20)9-16)23(11-22-17)10-15-5-3-4-6-21-15/h3-9,11-12H,10H2,1-2H3. The highest BCUT2D eigenvalue weighted by Gasteiger charge is 2.16. The van der Waals surface area contributed by atoms with E-state index in [2.05, 4.69) is 9.97 Å². The molecule has 0 fully saturated rings. The summed E-state index contributed by atoms with van der Waals surface area (Å²) in [5.41, 5.74) is 1.80. The number of benzene rings is 1. The molecule has 0 spiro atoms. The number of rotatable bonds is 5. The van der Waals surface area contributed by atoms with Gasteiger partial charge in [-0.15, -0.1) is 0 Å². The summed E-state index contributed by atoms with van der Waals surface area (Å²) in [6, 6.07) is 9.26. The van der Waals surface area contributed by atoms with Crippen LogP contribution in [0.1, 0.15) is 31.2 Å². The van der Waals surface area contributed by atoms with Gasteiger partial charge in [-0.2, -0.15) is 0 Å². The Morgan fingerprint density at radius 3 is 2.46 bits per heavy atom. The van der Waals surface area contributed by atoms with Crippen LogP contribution in [-0.4, -0.2) is 14.5 Å². The van der Waals surface area contributed by atoms with Crippen LogP contribution in [0.2, 0.25) is 0 Å². The molecule has 0 bridgehead atoms. The summed E-state index contributed by atoms with van der Waals surface area (Å²) in [7, 11) is 0. The topological polar surface area (TPSA) is 30.7 Å². The summed E-state index contributed by atoms with van der Waals surface area (Å²) in [5.74, 6) is -0.963. The Morgan fingerprint density at radius 1 is 1.08 bits per heavy atom. The molecule has 0 N–H and O–H groups in total. The van der Waals surface area contributed by atoms with Crippen molar-refractivity contribution in [2.75, 3.05) is 0 Å². The van der Waals surface area contributed by atoms with Gasteiger partial charge in [0.25, 0.3) is 0 Å². The molecule has 24 heavy (non-hydrogen) atoms. The minimum Gasteiger partial charge on any atom is -0.319 e. The van der Waals surface area contributed by atoms with Crippen LogP contribution in [0, 0.1) is 11.6 Å². The molecule has 6 heteroatoms. The van der Waals surface area contributed by atoms with E-state index in [9.17, 15) is 8.78 Å². The predicted molar refractivity (Wildman–Crippen MR) is 90.1 cm³/mol. The van der Waals surface area contributed by atoms with Crippen LogP contribution in [0.3, 0.4) is 0 Å². The lowest BCUT2D eigenvalue weighted by molar-refractivity contribution is 0.577. The predicted octanol–water partition coefficient (Wildman–Crippen LogP) is 4.88. The van der Waals surface area contributed by atoms with Gasteiger partial charge in [0.1, 0.15) is 16.7 Å². The lowest BCUT2D eigenvalue weighted by Gasteiger charge is -2.11. The summed E-state index contributed by atoms with van der Waals surface area (Å²) >= 11 is 1.32. The van der Waals surface area contributed by atoms with E-state index in [1.54, 1.807) is 12.5 Å². The van der Waals surface area contributed by atoms with Crippen LogP contribution in [0.5, 0.6) is 0 Å². The maximum atomic E-state index is 13.5. The Balaban J connectivity index is 1.96. The zero-order valence-electron chi connectivity index (χ0n) is 13.4. The highest BCUT2D eigenvalue weighted by molar-refractivity contribution is 7.99. The number of hydrogen-bond acceptors (Lipinski definition) is 3. The van der Waals surface area contributed by atoms with Crippen LogP contribution < -0.4 is 0 Å². The maximum absolute atomic E-state index is 13.5. The molecule has 0 saturated carbocycles. The van der Waals surface area contributed by atoms with E-state index < -0.39 is 11.6 Å². The molecular weight excluding hydrogens is 328 g/mol. The Morgan fingerprint density at radius 2 is 1.83 bits per heavy atom. The van der Waals surface area contributed by atoms with Crippen molar-refractivity contribution in [3.8, 4) is 0 Å². The van der Waals surface area contributed by atoms with Crippen LogP contribution in [0.25, 0.3) is 0 Å². The lowest BCUT2D eigenvalue weighted by atomic mass is 10.1. The first-order chi connectivity index (χ1) is 11.5. The van der Waals surface area contributed by atoms with Crippen molar-refractivity contribution < 1.29 is 8.78 Å². The zero-order chi connectivity index (χ0) is 17.1. The molecule has 2 aromatic heterocycles.